The maximum Gasteiger partial charge on any atom is 0.0238 e. The Balaban J connectivity index is 4.02. The molecule has 74 valence electrons. The second kappa shape index (κ2) is 8.18. The average Bonchev–Trinajstić information content (AvgIpc) is 2.10. The van der Waals surface area contributed by atoms with Crippen molar-refractivity contribution in [3.8, 4) is 0 Å². The number of allylic oxidation sites excluding steroid dienone is 4. The fourth-order valence-corrected chi connectivity index (χ4v) is 1.18. The molecule has 0 saturated carbocycles. The third-order valence-corrected chi connectivity index (χ3v) is 2.13. The van der Waals surface area contributed by atoms with E-state index in [4.69, 9.17) is 0 Å². The molecule has 0 aliphatic rings. The molecule has 0 aliphatic heterocycles. The lowest BCUT2D eigenvalue weighted by Crippen LogP contribution is -1.93. The van der Waals surface area contributed by atoms with E-state index >= 15 is 0 Å². The molecule has 0 rings (SSSR count). The van der Waals surface area contributed by atoms with Gasteiger partial charge in [0.25, 0.3) is 0 Å². The molecule has 0 heterocycles. The quantitative estimate of drug-likeness (QED) is 0.368. The third kappa shape index (κ3) is 6.71. The Kier molecular flexibility index (Phi) is 7.91. The van der Waals surface area contributed by atoms with Gasteiger partial charge in [0.2, 0.25) is 0 Å². The van der Waals surface area contributed by atoms with E-state index in [1.807, 2.05) is 12.2 Å². The van der Waals surface area contributed by atoms with Crippen molar-refractivity contribution >= 4 is 12.6 Å². The van der Waals surface area contributed by atoms with Gasteiger partial charge < -0.3 is 0 Å². The summed E-state index contributed by atoms with van der Waals surface area (Å²) in [5.74, 6) is 0. The SMILES string of the molecule is C=C/C=C(\C=C/CCCC)C(C)S. The van der Waals surface area contributed by atoms with Gasteiger partial charge >= 0.3 is 0 Å². The van der Waals surface area contributed by atoms with Crippen molar-refractivity contribution in [1.29, 1.82) is 0 Å². The van der Waals surface area contributed by atoms with E-state index in [0.29, 0.717) is 0 Å². The molecule has 0 aromatic rings. The lowest BCUT2D eigenvalue weighted by Gasteiger charge is -2.03. The van der Waals surface area contributed by atoms with Gasteiger partial charge in [-0.3, -0.25) is 0 Å². The van der Waals surface area contributed by atoms with Crippen LogP contribution in [0.2, 0.25) is 0 Å². The fourth-order valence-electron chi connectivity index (χ4n) is 1.01. The molecule has 0 spiro atoms. The topological polar surface area (TPSA) is 0 Å². The first-order chi connectivity index (χ1) is 6.22. The zero-order chi connectivity index (χ0) is 10.1. The summed E-state index contributed by atoms with van der Waals surface area (Å²) in [7, 11) is 0. The van der Waals surface area contributed by atoms with Crippen molar-refractivity contribution in [1.82, 2.24) is 0 Å². The number of thiol groups is 1. The van der Waals surface area contributed by atoms with Gasteiger partial charge in [0.05, 0.1) is 0 Å². The highest BCUT2D eigenvalue weighted by Crippen LogP contribution is 2.11. The molecule has 1 atom stereocenters. The highest BCUT2D eigenvalue weighted by atomic mass is 32.1. The van der Waals surface area contributed by atoms with Crippen LogP contribution in [0.5, 0.6) is 0 Å². The minimum Gasteiger partial charge on any atom is -0.171 e. The van der Waals surface area contributed by atoms with Crippen LogP contribution in [0.1, 0.15) is 33.1 Å². The van der Waals surface area contributed by atoms with Gasteiger partial charge in [-0.15, -0.1) is 0 Å². The monoisotopic (exact) mass is 196 g/mol. The van der Waals surface area contributed by atoms with Crippen LogP contribution in [0.15, 0.2) is 36.5 Å². The molecule has 0 saturated heterocycles. The minimum atomic E-state index is 0.288. The zero-order valence-corrected chi connectivity index (χ0v) is 9.56. The number of hydrogen-bond donors (Lipinski definition) is 1. The van der Waals surface area contributed by atoms with E-state index in [1.165, 1.54) is 18.4 Å². The molecular weight excluding hydrogens is 176 g/mol. The van der Waals surface area contributed by atoms with E-state index in [-0.39, 0.29) is 5.25 Å². The summed E-state index contributed by atoms with van der Waals surface area (Å²) in [5, 5.41) is 0.288. The van der Waals surface area contributed by atoms with E-state index in [0.717, 1.165) is 6.42 Å². The van der Waals surface area contributed by atoms with Crippen LogP contribution in [0, 0.1) is 0 Å². The third-order valence-electron chi connectivity index (χ3n) is 1.83. The predicted octanol–water partition coefficient (Wildman–Crippen LogP) is 4.16. The summed E-state index contributed by atoms with van der Waals surface area (Å²) in [6, 6.07) is 0. The Hall–Kier alpha value is -0.430. The first-order valence-electron chi connectivity index (χ1n) is 4.89. The second-order valence-corrected chi connectivity index (χ2v) is 3.90. The lowest BCUT2D eigenvalue weighted by atomic mass is 10.1. The normalized spacial score (nSPS) is 14.8. The Labute approximate surface area is 87.8 Å². The standard InChI is InChI=1S/C12H20S/c1-4-6-7-8-10-12(9-5-2)11(3)13/h5,8-11,13H,2,4,6-7H2,1,3H3/b10-8-,12-9+. The van der Waals surface area contributed by atoms with Gasteiger partial charge in [0.15, 0.2) is 0 Å². The van der Waals surface area contributed by atoms with E-state index in [2.05, 4.69) is 45.2 Å². The van der Waals surface area contributed by atoms with Crippen molar-refractivity contribution in [3.05, 3.63) is 36.5 Å². The molecule has 0 aromatic heterocycles. The van der Waals surface area contributed by atoms with E-state index in [9.17, 15) is 0 Å². The van der Waals surface area contributed by atoms with Crippen LogP contribution < -0.4 is 0 Å². The van der Waals surface area contributed by atoms with Crippen LogP contribution in [0.25, 0.3) is 0 Å². The molecule has 0 radical (unpaired) electrons. The molecule has 13 heavy (non-hydrogen) atoms. The Morgan fingerprint density at radius 2 is 2.23 bits per heavy atom. The smallest absolute Gasteiger partial charge is 0.0238 e. The molecule has 1 unspecified atom stereocenters. The van der Waals surface area contributed by atoms with Crippen molar-refractivity contribution < 1.29 is 0 Å². The van der Waals surface area contributed by atoms with Crippen molar-refractivity contribution in [2.75, 3.05) is 0 Å². The van der Waals surface area contributed by atoms with Crippen LogP contribution in [0.3, 0.4) is 0 Å². The Bertz CT molecular complexity index is 187. The molecule has 0 aromatic carbocycles. The lowest BCUT2D eigenvalue weighted by molar-refractivity contribution is 0.814. The highest BCUT2D eigenvalue weighted by molar-refractivity contribution is 7.81. The molecule has 0 bridgehead atoms. The molecule has 0 nitrogen and oxygen atoms in total. The average molecular weight is 196 g/mol. The van der Waals surface area contributed by atoms with Gasteiger partial charge in [-0.2, -0.15) is 12.6 Å². The fraction of sp³-hybridized carbons (Fsp3) is 0.500. The van der Waals surface area contributed by atoms with Gasteiger partial charge in [-0.05, 0) is 18.9 Å². The van der Waals surface area contributed by atoms with Crippen LogP contribution in [-0.4, -0.2) is 5.25 Å². The Morgan fingerprint density at radius 3 is 2.69 bits per heavy atom. The van der Waals surface area contributed by atoms with Crippen molar-refractivity contribution in [2.24, 2.45) is 0 Å². The van der Waals surface area contributed by atoms with E-state index < -0.39 is 0 Å². The zero-order valence-electron chi connectivity index (χ0n) is 8.66. The number of unbranched alkanes of at least 4 members (excludes halogenated alkanes) is 2. The molecule has 0 fully saturated rings. The largest absolute Gasteiger partial charge is 0.171 e. The predicted molar refractivity (Wildman–Crippen MR) is 65.4 cm³/mol. The molecule has 0 aliphatic carbocycles. The summed E-state index contributed by atoms with van der Waals surface area (Å²) in [6.45, 7) is 7.96. The van der Waals surface area contributed by atoms with Crippen molar-refractivity contribution in [3.63, 3.8) is 0 Å². The minimum absolute atomic E-state index is 0.288. The maximum absolute atomic E-state index is 4.38. The van der Waals surface area contributed by atoms with Crippen LogP contribution >= 0.6 is 12.6 Å². The molecule has 0 amide bonds. The summed E-state index contributed by atoms with van der Waals surface area (Å²) >= 11 is 4.38. The van der Waals surface area contributed by atoms with Crippen LogP contribution in [-0.2, 0) is 0 Å². The molecular formula is C12H20S. The van der Waals surface area contributed by atoms with Crippen LogP contribution in [0.4, 0.5) is 0 Å². The van der Waals surface area contributed by atoms with Gasteiger partial charge in [-0.25, -0.2) is 0 Å². The van der Waals surface area contributed by atoms with E-state index in [1.54, 1.807) is 0 Å². The molecule has 1 heteroatoms. The highest BCUT2D eigenvalue weighted by Gasteiger charge is 1.96. The summed E-state index contributed by atoms with van der Waals surface area (Å²) in [6.07, 6.45) is 11.9. The second-order valence-electron chi connectivity index (χ2n) is 3.12. The first kappa shape index (κ1) is 12.6. The summed E-state index contributed by atoms with van der Waals surface area (Å²) in [5.41, 5.74) is 1.23. The van der Waals surface area contributed by atoms with Crippen molar-refractivity contribution in [2.45, 2.75) is 38.4 Å². The van der Waals surface area contributed by atoms with Gasteiger partial charge in [0, 0.05) is 5.25 Å². The maximum atomic E-state index is 4.38. The van der Waals surface area contributed by atoms with Gasteiger partial charge in [0.1, 0.15) is 0 Å². The Morgan fingerprint density at radius 1 is 1.54 bits per heavy atom. The van der Waals surface area contributed by atoms with Gasteiger partial charge in [-0.1, -0.05) is 50.6 Å². The summed E-state index contributed by atoms with van der Waals surface area (Å²) in [4.78, 5) is 0. The first-order valence-corrected chi connectivity index (χ1v) is 5.41. The number of rotatable bonds is 6. The molecule has 0 N–H and O–H groups in total. The summed E-state index contributed by atoms with van der Waals surface area (Å²) < 4.78 is 0. The number of hydrogen-bond acceptors (Lipinski definition) is 1.